The number of ether oxygens (including phenoxy) is 3. The Morgan fingerprint density at radius 1 is 1.00 bits per heavy atom. The summed E-state index contributed by atoms with van der Waals surface area (Å²) in [5.74, 6) is 0.00828. The molecule has 3 aromatic heterocycles. The van der Waals surface area contributed by atoms with Crippen molar-refractivity contribution in [1.29, 1.82) is 0 Å². The van der Waals surface area contributed by atoms with Crippen molar-refractivity contribution < 1.29 is 23.4 Å². The zero-order valence-corrected chi connectivity index (χ0v) is 29.4. The summed E-state index contributed by atoms with van der Waals surface area (Å²) >= 11 is 7.11. The number of methoxy groups -OCH3 is 1. The quantitative estimate of drug-likeness (QED) is 0.163. The van der Waals surface area contributed by atoms with Crippen LogP contribution >= 0.6 is 11.6 Å². The van der Waals surface area contributed by atoms with E-state index in [1.54, 1.807) is 12.1 Å². The van der Waals surface area contributed by atoms with E-state index in [9.17, 15) is 9.18 Å². The van der Waals surface area contributed by atoms with Gasteiger partial charge in [0.2, 0.25) is 0 Å². The fourth-order valence-corrected chi connectivity index (χ4v) is 8.20. The Hall–Kier alpha value is -4.67. The summed E-state index contributed by atoms with van der Waals surface area (Å²) in [5.41, 5.74) is 8.97. The SMILES string of the molecule is COC(=O)c1c(C)c2c3c(Cl)ccc2n1CCCOc1cc(cc2cc(F)ccc12)CCc1cc(nn1C)CCC1OCCn2nc(C)c-3c21. The largest absolute Gasteiger partial charge is 0.493 e. The van der Waals surface area contributed by atoms with Crippen molar-refractivity contribution in [3.63, 3.8) is 0 Å². The third-order valence-electron chi connectivity index (χ3n) is 10.2. The number of carbonyl (C=O) groups is 1. The normalized spacial score (nSPS) is 16.6. The summed E-state index contributed by atoms with van der Waals surface area (Å²) in [6.45, 7) is 6.05. The van der Waals surface area contributed by atoms with Gasteiger partial charge >= 0.3 is 5.97 Å². The molecule has 9 nitrogen and oxygen atoms in total. The Morgan fingerprint density at radius 3 is 2.70 bits per heavy atom. The standard InChI is InChI=1S/C39H39ClFN5O4/c1-22-34-31-12-11-30(40)36(34)35-23(2)42-46-15-17-50-32(38(35)46)13-8-27-21-28(44(3)43-27)9-6-24-18-25-20-26(41)7-10-29(25)33(19-24)49-16-5-14-45(31)37(22)39(47)48-4/h7,10-12,18-21,32H,5-6,8-9,13-17H2,1-4H3. The van der Waals surface area contributed by atoms with Crippen LogP contribution in [0.5, 0.6) is 5.75 Å². The van der Waals surface area contributed by atoms with Crippen LogP contribution in [0, 0.1) is 19.7 Å². The van der Waals surface area contributed by atoms with E-state index in [0.717, 1.165) is 86.0 Å². The van der Waals surface area contributed by atoms with Crippen molar-refractivity contribution in [2.75, 3.05) is 20.3 Å². The van der Waals surface area contributed by atoms with E-state index in [4.69, 9.17) is 36.0 Å². The Morgan fingerprint density at radius 2 is 1.86 bits per heavy atom. The third kappa shape index (κ3) is 5.54. The molecule has 11 heteroatoms. The smallest absolute Gasteiger partial charge is 0.354 e. The average Bonchev–Trinajstić information content (AvgIpc) is 3.73. The van der Waals surface area contributed by atoms with E-state index < -0.39 is 5.97 Å². The van der Waals surface area contributed by atoms with Crippen LogP contribution in [0.15, 0.2) is 48.5 Å². The van der Waals surface area contributed by atoms with Gasteiger partial charge < -0.3 is 18.8 Å². The van der Waals surface area contributed by atoms with Crippen molar-refractivity contribution in [2.45, 2.75) is 65.1 Å². The second kappa shape index (κ2) is 12.9. The van der Waals surface area contributed by atoms with Crippen LogP contribution in [0.1, 0.15) is 63.3 Å². The summed E-state index contributed by atoms with van der Waals surface area (Å²) < 4.78 is 38.6. The van der Waals surface area contributed by atoms with E-state index in [-0.39, 0.29) is 11.9 Å². The number of hydrogen-bond acceptors (Lipinski definition) is 6. The molecule has 1 unspecified atom stereocenters. The monoisotopic (exact) mass is 695 g/mol. The molecule has 3 aromatic carbocycles. The number of aryl methyl sites for hydroxylation is 7. The number of halogens is 2. The molecule has 0 N–H and O–H groups in total. The minimum absolute atomic E-state index is 0.220. The molecule has 8 bridgehead atoms. The first-order valence-corrected chi connectivity index (χ1v) is 17.5. The van der Waals surface area contributed by atoms with Gasteiger partial charge in [0.05, 0.1) is 44.0 Å². The van der Waals surface area contributed by atoms with Crippen LogP contribution in [0.25, 0.3) is 32.8 Å². The maximum atomic E-state index is 14.4. The maximum absolute atomic E-state index is 14.4. The number of carbonyl (C=O) groups excluding carboxylic acids is 1. The molecule has 0 radical (unpaired) electrons. The Bertz CT molecular complexity index is 2300. The van der Waals surface area contributed by atoms with E-state index in [1.165, 1.54) is 13.2 Å². The lowest BCUT2D eigenvalue weighted by Gasteiger charge is -2.26. The molecule has 8 rings (SSSR count). The van der Waals surface area contributed by atoms with Crippen molar-refractivity contribution in [3.05, 3.63) is 99.0 Å². The Kier molecular flexibility index (Phi) is 8.39. The number of esters is 1. The van der Waals surface area contributed by atoms with Crippen molar-refractivity contribution in [2.24, 2.45) is 7.05 Å². The van der Waals surface area contributed by atoms with Crippen LogP contribution in [0.4, 0.5) is 4.39 Å². The molecule has 2 aliphatic heterocycles. The van der Waals surface area contributed by atoms with Gasteiger partial charge in [-0.2, -0.15) is 10.2 Å². The highest BCUT2D eigenvalue weighted by Crippen LogP contribution is 2.45. The molecule has 6 aromatic rings. The minimum atomic E-state index is -0.415. The molecule has 2 aliphatic rings. The predicted molar refractivity (Wildman–Crippen MR) is 191 cm³/mol. The summed E-state index contributed by atoms with van der Waals surface area (Å²) in [5, 5.41) is 13.0. The van der Waals surface area contributed by atoms with E-state index in [2.05, 4.69) is 16.8 Å². The van der Waals surface area contributed by atoms with Crippen molar-refractivity contribution in [1.82, 2.24) is 24.1 Å². The van der Waals surface area contributed by atoms with Gasteiger partial charge in [-0.15, -0.1) is 0 Å². The van der Waals surface area contributed by atoms with Gasteiger partial charge in [0.1, 0.15) is 23.4 Å². The number of fused-ring (bicyclic) bond motifs is 7. The molecule has 50 heavy (non-hydrogen) atoms. The lowest BCUT2D eigenvalue weighted by Crippen LogP contribution is -2.23. The first-order valence-electron chi connectivity index (χ1n) is 17.2. The van der Waals surface area contributed by atoms with E-state index >= 15 is 0 Å². The highest BCUT2D eigenvalue weighted by Gasteiger charge is 2.32. The molecular formula is C39H39ClFN5O4. The van der Waals surface area contributed by atoms with Crippen molar-refractivity contribution >= 4 is 39.2 Å². The molecule has 0 aliphatic carbocycles. The summed E-state index contributed by atoms with van der Waals surface area (Å²) in [4.78, 5) is 13.4. The van der Waals surface area contributed by atoms with Crippen LogP contribution in [-0.2, 0) is 48.9 Å². The van der Waals surface area contributed by atoms with Crippen molar-refractivity contribution in [3.8, 4) is 16.9 Å². The van der Waals surface area contributed by atoms with Gasteiger partial charge in [-0.3, -0.25) is 9.36 Å². The van der Waals surface area contributed by atoms with Crippen LogP contribution in [-0.4, -0.2) is 50.4 Å². The second-order valence-electron chi connectivity index (χ2n) is 13.3. The highest BCUT2D eigenvalue weighted by atomic mass is 35.5. The zero-order valence-electron chi connectivity index (χ0n) is 28.7. The van der Waals surface area contributed by atoms with Gasteiger partial charge in [0.15, 0.2) is 0 Å². The molecule has 5 heterocycles. The van der Waals surface area contributed by atoms with Gasteiger partial charge in [-0.05, 0) is 105 Å². The molecule has 1 atom stereocenters. The first-order chi connectivity index (χ1) is 24.2. The zero-order chi connectivity index (χ0) is 34.7. The van der Waals surface area contributed by atoms with Gasteiger partial charge in [0.25, 0.3) is 0 Å². The average molecular weight is 696 g/mol. The molecular weight excluding hydrogens is 657 g/mol. The van der Waals surface area contributed by atoms with Crippen LogP contribution in [0.3, 0.4) is 0 Å². The fraction of sp³-hybridized carbons (Fsp3) is 0.359. The van der Waals surface area contributed by atoms with Gasteiger partial charge in [-0.25, -0.2) is 9.18 Å². The molecule has 0 spiro atoms. The summed E-state index contributed by atoms with van der Waals surface area (Å²) in [6.07, 6.45) is 3.33. The molecule has 0 saturated heterocycles. The topological polar surface area (TPSA) is 85.3 Å². The first kappa shape index (κ1) is 32.5. The van der Waals surface area contributed by atoms with E-state index in [1.807, 2.05) is 48.3 Å². The number of hydrogen-bond donors (Lipinski definition) is 0. The third-order valence-corrected chi connectivity index (χ3v) is 10.5. The van der Waals surface area contributed by atoms with Crippen LogP contribution in [0.2, 0.25) is 5.02 Å². The minimum Gasteiger partial charge on any atom is -0.493 e. The molecule has 0 saturated carbocycles. The maximum Gasteiger partial charge on any atom is 0.354 e. The van der Waals surface area contributed by atoms with Gasteiger partial charge in [0, 0.05) is 51.7 Å². The number of nitrogens with zero attached hydrogens (tertiary/aromatic N) is 5. The molecule has 0 fully saturated rings. The van der Waals surface area contributed by atoms with E-state index in [0.29, 0.717) is 55.6 Å². The number of rotatable bonds is 1. The summed E-state index contributed by atoms with van der Waals surface area (Å²) in [7, 11) is 3.39. The second-order valence-corrected chi connectivity index (χ2v) is 13.7. The Balaban J connectivity index is 1.29. The fourth-order valence-electron chi connectivity index (χ4n) is 7.95. The highest BCUT2D eigenvalue weighted by molar-refractivity contribution is 6.35. The Labute approximate surface area is 294 Å². The van der Waals surface area contributed by atoms with Gasteiger partial charge in [-0.1, -0.05) is 17.7 Å². The molecule has 258 valence electrons. The number of aromatic nitrogens is 5. The molecule has 0 amide bonds. The number of benzene rings is 3. The predicted octanol–water partition coefficient (Wildman–Crippen LogP) is 7.86. The lowest BCUT2D eigenvalue weighted by atomic mass is 9.93. The van der Waals surface area contributed by atoms with Crippen LogP contribution < -0.4 is 4.74 Å². The lowest BCUT2D eigenvalue weighted by molar-refractivity contribution is 0.0120. The summed E-state index contributed by atoms with van der Waals surface area (Å²) in [6, 6.07) is 14.9.